The van der Waals surface area contributed by atoms with Gasteiger partial charge in [0.05, 0.1) is 17.4 Å². The highest BCUT2D eigenvalue weighted by Gasteiger charge is 2.23. The predicted octanol–water partition coefficient (Wildman–Crippen LogP) is 2.28. The van der Waals surface area contributed by atoms with E-state index in [1.54, 1.807) is 7.11 Å². The zero-order valence-corrected chi connectivity index (χ0v) is 12.4. The fourth-order valence-corrected chi connectivity index (χ4v) is 2.61. The van der Waals surface area contributed by atoms with Gasteiger partial charge in [-0.1, -0.05) is 13.0 Å². The highest BCUT2D eigenvalue weighted by atomic mass is 16.5. The first-order valence-electron chi connectivity index (χ1n) is 7.30. The molecule has 0 bridgehead atoms. The van der Waals surface area contributed by atoms with Gasteiger partial charge in [-0.15, -0.1) is 0 Å². The second kappa shape index (κ2) is 7.28. The zero-order valence-electron chi connectivity index (χ0n) is 12.4. The second-order valence-electron chi connectivity index (χ2n) is 5.23. The van der Waals surface area contributed by atoms with Crippen LogP contribution in [0, 0.1) is 11.3 Å². The van der Waals surface area contributed by atoms with E-state index in [0.29, 0.717) is 0 Å². The summed E-state index contributed by atoms with van der Waals surface area (Å²) in [5, 5.41) is 12.7. The lowest BCUT2D eigenvalue weighted by Crippen LogP contribution is -2.23. The van der Waals surface area contributed by atoms with E-state index >= 15 is 0 Å². The maximum Gasteiger partial charge on any atom is 0.101 e. The van der Waals surface area contributed by atoms with Crippen molar-refractivity contribution in [2.45, 2.75) is 32.4 Å². The van der Waals surface area contributed by atoms with Gasteiger partial charge >= 0.3 is 0 Å². The molecule has 4 heteroatoms. The first-order valence-corrected chi connectivity index (χ1v) is 7.30. The summed E-state index contributed by atoms with van der Waals surface area (Å²) in [7, 11) is 1.75. The van der Waals surface area contributed by atoms with E-state index in [0.717, 1.165) is 50.3 Å². The van der Waals surface area contributed by atoms with Crippen LogP contribution in [0.4, 0.5) is 5.69 Å². The van der Waals surface area contributed by atoms with Crippen LogP contribution in [0.3, 0.4) is 0 Å². The molecular weight excluding hydrogens is 250 g/mol. The molecular formula is C16H23N3O. The minimum atomic E-state index is 0.285. The van der Waals surface area contributed by atoms with Gasteiger partial charge in [-0.05, 0) is 37.1 Å². The van der Waals surface area contributed by atoms with Gasteiger partial charge in [0.2, 0.25) is 0 Å². The number of anilines is 1. The smallest absolute Gasteiger partial charge is 0.101 e. The van der Waals surface area contributed by atoms with Crippen LogP contribution < -0.4 is 10.2 Å². The second-order valence-corrected chi connectivity index (χ2v) is 5.23. The van der Waals surface area contributed by atoms with Crippen LogP contribution in [0.1, 0.15) is 30.9 Å². The molecule has 1 fully saturated rings. The van der Waals surface area contributed by atoms with Crippen molar-refractivity contribution >= 4 is 5.69 Å². The summed E-state index contributed by atoms with van der Waals surface area (Å²) in [6.07, 6.45) is 2.43. The van der Waals surface area contributed by atoms with Crippen molar-refractivity contribution in [3.8, 4) is 6.07 Å². The Hall–Kier alpha value is -1.57. The number of rotatable bonds is 6. The third-order valence-corrected chi connectivity index (χ3v) is 3.76. The first kappa shape index (κ1) is 14.8. The molecule has 2 rings (SSSR count). The Morgan fingerprint density at radius 1 is 1.50 bits per heavy atom. The van der Waals surface area contributed by atoms with Crippen molar-refractivity contribution in [3.05, 3.63) is 29.3 Å². The molecule has 1 aliphatic rings. The largest absolute Gasteiger partial charge is 0.380 e. The molecule has 20 heavy (non-hydrogen) atoms. The quantitative estimate of drug-likeness (QED) is 0.808. The number of ether oxygens (including phenoxy) is 1. The Morgan fingerprint density at radius 2 is 2.35 bits per heavy atom. The number of nitrogens with zero attached hydrogens (tertiary/aromatic N) is 2. The molecule has 1 unspecified atom stereocenters. The van der Waals surface area contributed by atoms with E-state index in [9.17, 15) is 5.26 Å². The predicted molar refractivity (Wildman–Crippen MR) is 80.8 cm³/mol. The van der Waals surface area contributed by atoms with Gasteiger partial charge in [-0.2, -0.15) is 5.26 Å². The van der Waals surface area contributed by atoms with Gasteiger partial charge in [0, 0.05) is 26.7 Å². The molecule has 4 nitrogen and oxygen atoms in total. The molecule has 0 aliphatic carbocycles. The molecule has 1 aliphatic heterocycles. The molecule has 108 valence electrons. The molecule has 1 atom stereocenters. The van der Waals surface area contributed by atoms with Gasteiger partial charge in [-0.3, -0.25) is 0 Å². The van der Waals surface area contributed by atoms with E-state index in [4.69, 9.17) is 4.74 Å². The summed E-state index contributed by atoms with van der Waals surface area (Å²) in [4.78, 5) is 2.25. The topological polar surface area (TPSA) is 48.3 Å². The molecule has 1 saturated heterocycles. The van der Waals surface area contributed by atoms with Crippen molar-refractivity contribution in [1.29, 1.82) is 5.26 Å². The Morgan fingerprint density at radius 3 is 3.00 bits per heavy atom. The Labute approximate surface area is 121 Å². The average molecular weight is 273 g/mol. The van der Waals surface area contributed by atoms with Gasteiger partial charge < -0.3 is 15.0 Å². The van der Waals surface area contributed by atoms with Crippen molar-refractivity contribution in [2.24, 2.45) is 0 Å². The highest BCUT2D eigenvalue weighted by Crippen LogP contribution is 2.26. The molecule has 0 spiro atoms. The van der Waals surface area contributed by atoms with Gasteiger partial charge in [0.1, 0.15) is 6.07 Å². The number of hydrogen-bond acceptors (Lipinski definition) is 4. The highest BCUT2D eigenvalue weighted by molar-refractivity contribution is 5.61. The standard InChI is InChI=1S/C16H23N3O/c1-3-7-18-11-13-4-5-16(14(9-13)10-17)19-8-6-15(12-19)20-2/h4-5,9,15,18H,3,6-8,11-12H2,1-2H3. The van der Waals surface area contributed by atoms with E-state index in [1.807, 2.05) is 6.07 Å². The molecule has 1 N–H and O–H groups in total. The molecule has 0 radical (unpaired) electrons. The van der Waals surface area contributed by atoms with Gasteiger partial charge in [0.15, 0.2) is 0 Å². The molecule has 1 aromatic carbocycles. The number of nitriles is 1. The molecule has 1 aromatic rings. The Bertz CT molecular complexity index is 481. The lowest BCUT2D eigenvalue weighted by molar-refractivity contribution is 0.121. The van der Waals surface area contributed by atoms with E-state index in [-0.39, 0.29) is 6.10 Å². The minimum Gasteiger partial charge on any atom is -0.380 e. The summed E-state index contributed by atoms with van der Waals surface area (Å²) >= 11 is 0. The van der Waals surface area contributed by atoms with Gasteiger partial charge in [0.25, 0.3) is 0 Å². The van der Waals surface area contributed by atoms with Crippen molar-refractivity contribution < 1.29 is 4.74 Å². The maximum atomic E-state index is 9.37. The third kappa shape index (κ3) is 3.50. The summed E-state index contributed by atoms with van der Waals surface area (Å²) in [5.41, 5.74) is 2.96. The van der Waals surface area contributed by atoms with Crippen LogP contribution >= 0.6 is 0 Å². The fourth-order valence-electron chi connectivity index (χ4n) is 2.61. The average Bonchev–Trinajstić information content (AvgIpc) is 2.96. The Balaban J connectivity index is 2.08. The molecule has 0 amide bonds. The number of hydrogen-bond donors (Lipinski definition) is 1. The minimum absolute atomic E-state index is 0.285. The summed E-state index contributed by atoms with van der Waals surface area (Å²) in [5.74, 6) is 0. The molecule has 0 aromatic heterocycles. The monoisotopic (exact) mass is 273 g/mol. The van der Waals surface area contributed by atoms with Crippen LogP contribution in [0.25, 0.3) is 0 Å². The zero-order chi connectivity index (χ0) is 14.4. The van der Waals surface area contributed by atoms with E-state index in [1.165, 1.54) is 5.56 Å². The van der Waals surface area contributed by atoms with Crippen molar-refractivity contribution in [1.82, 2.24) is 5.32 Å². The van der Waals surface area contributed by atoms with Crippen LogP contribution in [-0.4, -0.2) is 32.8 Å². The van der Waals surface area contributed by atoms with E-state index < -0.39 is 0 Å². The lowest BCUT2D eigenvalue weighted by atomic mass is 10.1. The maximum absolute atomic E-state index is 9.37. The first-order chi connectivity index (χ1) is 9.78. The fraction of sp³-hybridized carbons (Fsp3) is 0.562. The van der Waals surface area contributed by atoms with Crippen LogP contribution in [0.5, 0.6) is 0 Å². The summed E-state index contributed by atoms with van der Waals surface area (Å²) in [6.45, 7) is 5.81. The van der Waals surface area contributed by atoms with Crippen LogP contribution in [0.2, 0.25) is 0 Å². The van der Waals surface area contributed by atoms with Crippen molar-refractivity contribution in [2.75, 3.05) is 31.6 Å². The molecule has 1 heterocycles. The Kier molecular flexibility index (Phi) is 5.40. The van der Waals surface area contributed by atoms with E-state index in [2.05, 4.69) is 35.3 Å². The van der Waals surface area contributed by atoms with Crippen LogP contribution in [-0.2, 0) is 11.3 Å². The normalized spacial score (nSPS) is 18.2. The summed E-state index contributed by atoms with van der Waals surface area (Å²) in [6, 6.07) is 8.50. The van der Waals surface area contributed by atoms with Crippen LogP contribution in [0.15, 0.2) is 18.2 Å². The lowest BCUT2D eigenvalue weighted by Gasteiger charge is -2.20. The third-order valence-electron chi connectivity index (χ3n) is 3.76. The van der Waals surface area contributed by atoms with Gasteiger partial charge in [-0.25, -0.2) is 0 Å². The number of methoxy groups -OCH3 is 1. The number of nitrogens with one attached hydrogen (secondary N) is 1. The van der Waals surface area contributed by atoms with Crippen molar-refractivity contribution in [3.63, 3.8) is 0 Å². The summed E-state index contributed by atoms with van der Waals surface area (Å²) < 4.78 is 5.39. The molecule has 0 saturated carbocycles. The number of benzene rings is 1. The SMILES string of the molecule is CCCNCc1ccc(N2CCC(OC)C2)c(C#N)c1.